The van der Waals surface area contributed by atoms with Gasteiger partial charge in [-0.2, -0.15) is 0 Å². The molecule has 0 fully saturated rings. The maximum Gasteiger partial charge on any atom is 0.266 e. The van der Waals surface area contributed by atoms with Gasteiger partial charge in [0.25, 0.3) is 4.84 Å². The summed E-state index contributed by atoms with van der Waals surface area (Å²) in [5, 5.41) is 0. The molecule has 4 heteroatoms. The van der Waals surface area contributed by atoms with Crippen molar-refractivity contribution in [3.8, 4) is 28.2 Å². The number of methoxy groups -OCH3 is 1. The molecule has 2 aromatic carbocycles. The maximum atomic E-state index is 5.51. The Bertz CT molecular complexity index is 771. The molecule has 3 rings (SSSR count). The van der Waals surface area contributed by atoms with Crippen molar-refractivity contribution >= 4 is 12.2 Å². The van der Waals surface area contributed by atoms with E-state index in [1.165, 1.54) is 0 Å². The molecule has 0 unspecified atom stereocenters. The SMILES string of the molecule is COc1ccc(-c2ccccc2-c2c[nH]c(=S)o2)cc1. The van der Waals surface area contributed by atoms with Crippen LogP contribution in [0.2, 0.25) is 0 Å². The molecule has 0 atom stereocenters. The zero-order valence-electron chi connectivity index (χ0n) is 10.9. The zero-order valence-corrected chi connectivity index (χ0v) is 11.7. The zero-order chi connectivity index (χ0) is 13.9. The number of benzene rings is 2. The summed E-state index contributed by atoms with van der Waals surface area (Å²) >= 11 is 4.99. The molecule has 0 aliphatic carbocycles. The van der Waals surface area contributed by atoms with E-state index in [4.69, 9.17) is 21.4 Å². The van der Waals surface area contributed by atoms with Crippen molar-refractivity contribution in [3.63, 3.8) is 0 Å². The molecule has 0 aliphatic heterocycles. The molecule has 3 nitrogen and oxygen atoms in total. The lowest BCUT2D eigenvalue weighted by atomic mass is 9.98. The van der Waals surface area contributed by atoms with Crippen molar-refractivity contribution in [1.82, 2.24) is 4.98 Å². The number of aromatic nitrogens is 1. The van der Waals surface area contributed by atoms with Gasteiger partial charge in [-0.1, -0.05) is 36.4 Å². The summed E-state index contributed by atoms with van der Waals surface area (Å²) in [6.07, 6.45) is 1.78. The Labute approximate surface area is 121 Å². The summed E-state index contributed by atoms with van der Waals surface area (Å²) in [6.45, 7) is 0. The van der Waals surface area contributed by atoms with Crippen molar-refractivity contribution in [2.45, 2.75) is 0 Å². The molecule has 0 saturated carbocycles. The quantitative estimate of drug-likeness (QED) is 0.709. The number of rotatable bonds is 3. The summed E-state index contributed by atoms with van der Waals surface area (Å²) in [5.41, 5.74) is 3.20. The maximum absolute atomic E-state index is 5.51. The summed E-state index contributed by atoms with van der Waals surface area (Å²) in [5.74, 6) is 1.58. The number of H-pyrrole nitrogens is 1. The first kappa shape index (κ1) is 12.7. The van der Waals surface area contributed by atoms with E-state index in [1.54, 1.807) is 13.3 Å². The lowest BCUT2D eigenvalue weighted by molar-refractivity contribution is 0.415. The largest absolute Gasteiger partial charge is 0.497 e. The average Bonchev–Trinajstić information content (AvgIpc) is 2.94. The molecule has 1 N–H and O–H groups in total. The predicted octanol–water partition coefficient (Wildman–Crippen LogP) is 4.68. The normalized spacial score (nSPS) is 10.4. The Balaban J connectivity index is 2.11. The summed E-state index contributed by atoms with van der Waals surface area (Å²) in [6, 6.07) is 16.0. The van der Waals surface area contributed by atoms with Gasteiger partial charge in [0, 0.05) is 11.8 Å². The molecule has 20 heavy (non-hydrogen) atoms. The van der Waals surface area contributed by atoms with Crippen LogP contribution < -0.4 is 4.74 Å². The Morgan fingerprint density at radius 2 is 1.70 bits per heavy atom. The van der Waals surface area contributed by atoms with Crippen LogP contribution >= 0.6 is 12.2 Å². The number of hydrogen-bond acceptors (Lipinski definition) is 3. The number of nitrogens with one attached hydrogen (secondary N) is 1. The fourth-order valence-corrected chi connectivity index (χ4v) is 2.28. The van der Waals surface area contributed by atoms with Gasteiger partial charge in [-0.05, 0) is 35.5 Å². The molecule has 3 aromatic rings. The van der Waals surface area contributed by atoms with Gasteiger partial charge in [0.15, 0.2) is 5.76 Å². The van der Waals surface area contributed by atoms with Crippen molar-refractivity contribution in [2.75, 3.05) is 7.11 Å². The van der Waals surface area contributed by atoms with E-state index in [-0.39, 0.29) is 0 Å². The highest BCUT2D eigenvalue weighted by molar-refractivity contribution is 7.71. The molecule has 0 bridgehead atoms. The Hall–Kier alpha value is -2.33. The summed E-state index contributed by atoms with van der Waals surface area (Å²) in [4.78, 5) is 3.27. The fraction of sp³-hybridized carbons (Fsp3) is 0.0625. The van der Waals surface area contributed by atoms with Crippen LogP contribution in [-0.2, 0) is 0 Å². The van der Waals surface area contributed by atoms with E-state index >= 15 is 0 Å². The van der Waals surface area contributed by atoms with Gasteiger partial charge >= 0.3 is 0 Å². The van der Waals surface area contributed by atoms with Crippen LogP contribution in [0.1, 0.15) is 0 Å². The van der Waals surface area contributed by atoms with Gasteiger partial charge in [-0.25, -0.2) is 0 Å². The topological polar surface area (TPSA) is 38.2 Å². The lowest BCUT2D eigenvalue weighted by Crippen LogP contribution is -1.85. The summed E-state index contributed by atoms with van der Waals surface area (Å²) < 4.78 is 10.7. The van der Waals surface area contributed by atoms with Gasteiger partial charge in [0.1, 0.15) is 5.75 Å². The Morgan fingerprint density at radius 1 is 1.00 bits per heavy atom. The van der Waals surface area contributed by atoms with Crippen molar-refractivity contribution in [1.29, 1.82) is 0 Å². The average molecular weight is 283 g/mol. The van der Waals surface area contributed by atoms with Crippen LogP contribution in [0.15, 0.2) is 59.1 Å². The molecule has 0 amide bonds. The highest BCUT2D eigenvalue weighted by Gasteiger charge is 2.09. The Kier molecular flexibility index (Phi) is 3.39. The van der Waals surface area contributed by atoms with E-state index in [0.29, 0.717) is 4.84 Å². The van der Waals surface area contributed by atoms with Crippen LogP contribution in [0, 0.1) is 4.84 Å². The molecule has 1 aromatic heterocycles. The molecule has 100 valence electrons. The number of aromatic amines is 1. The van der Waals surface area contributed by atoms with Crippen molar-refractivity contribution in [2.24, 2.45) is 0 Å². The molecule has 0 aliphatic rings. The summed E-state index contributed by atoms with van der Waals surface area (Å²) in [7, 11) is 1.66. The third-order valence-corrected chi connectivity index (χ3v) is 3.32. The predicted molar refractivity (Wildman–Crippen MR) is 81.3 cm³/mol. The van der Waals surface area contributed by atoms with Crippen LogP contribution in [0.4, 0.5) is 0 Å². The third kappa shape index (κ3) is 2.38. The second-order valence-electron chi connectivity index (χ2n) is 4.32. The molecule has 0 saturated heterocycles. The minimum Gasteiger partial charge on any atom is -0.497 e. The first-order chi connectivity index (χ1) is 9.78. The highest BCUT2D eigenvalue weighted by atomic mass is 32.1. The van der Waals surface area contributed by atoms with E-state index < -0.39 is 0 Å². The standard InChI is InChI=1S/C16H13NO2S/c1-18-12-8-6-11(7-9-12)13-4-2-3-5-14(13)15-10-17-16(20)19-15/h2-10H,1H3,(H,17,20). The second-order valence-corrected chi connectivity index (χ2v) is 4.69. The first-order valence-corrected chi connectivity index (χ1v) is 6.61. The van der Waals surface area contributed by atoms with Gasteiger partial charge in [-0.3, -0.25) is 0 Å². The van der Waals surface area contributed by atoms with Crippen LogP contribution in [-0.4, -0.2) is 12.1 Å². The van der Waals surface area contributed by atoms with Gasteiger partial charge in [0.05, 0.1) is 7.11 Å². The number of oxazole rings is 1. The van der Waals surface area contributed by atoms with Gasteiger partial charge in [-0.15, -0.1) is 0 Å². The lowest BCUT2D eigenvalue weighted by Gasteiger charge is -2.08. The smallest absolute Gasteiger partial charge is 0.266 e. The highest BCUT2D eigenvalue weighted by Crippen LogP contribution is 2.32. The van der Waals surface area contributed by atoms with Crippen molar-refractivity contribution in [3.05, 3.63) is 59.6 Å². The molecular weight excluding hydrogens is 270 g/mol. The first-order valence-electron chi connectivity index (χ1n) is 6.20. The monoisotopic (exact) mass is 283 g/mol. The van der Waals surface area contributed by atoms with Crippen LogP contribution in [0.5, 0.6) is 5.75 Å². The minimum absolute atomic E-state index is 0.379. The van der Waals surface area contributed by atoms with Crippen LogP contribution in [0.3, 0.4) is 0 Å². The van der Waals surface area contributed by atoms with Crippen LogP contribution in [0.25, 0.3) is 22.5 Å². The van der Waals surface area contributed by atoms with E-state index in [0.717, 1.165) is 28.2 Å². The third-order valence-electron chi connectivity index (χ3n) is 3.12. The fourth-order valence-electron chi connectivity index (χ4n) is 2.14. The van der Waals surface area contributed by atoms with E-state index in [9.17, 15) is 0 Å². The van der Waals surface area contributed by atoms with Gasteiger partial charge in [0.2, 0.25) is 0 Å². The van der Waals surface area contributed by atoms with Gasteiger partial charge < -0.3 is 14.1 Å². The second kappa shape index (κ2) is 5.35. The molecule has 0 spiro atoms. The van der Waals surface area contributed by atoms with E-state index in [1.807, 2.05) is 42.5 Å². The molecule has 1 heterocycles. The molecule has 0 radical (unpaired) electrons. The number of hydrogen-bond donors (Lipinski definition) is 1. The molecular formula is C16H13NO2S. The van der Waals surface area contributed by atoms with Crippen molar-refractivity contribution < 1.29 is 9.15 Å². The minimum atomic E-state index is 0.379. The van der Waals surface area contributed by atoms with E-state index in [2.05, 4.69) is 11.1 Å². The Morgan fingerprint density at radius 3 is 2.30 bits per heavy atom. The number of ether oxygens (including phenoxy) is 1.